The molecule has 0 bridgehead atoms. The molecule has 4 nitrogen and oxygen atoms in total. The van der Waals surface area contributed by atoms with E-state index in [0.717, 1.165) is 18.2 Å². The van der Waals surface area contributed by atoms with Crippen molar-refractivity contribution in [2.24, 2.45) is 5.92 Å². The van der Waals surface area contributed by atoms with Gasteiger partial charge >= 0.3 is 0 Å². The first kappa shape index (κ1) is 13.0. The fraction of sp³-hybridized carbons (Fsp3) is 0.545. The monoisotopic (exact) mass is 318 g/mol. The lowest BCUT2D eigenvalue weighted by Crippen LogP contribution is -2.29. The van der Waals surface area contributed by atoms with Crippen molar-refractivity contribution in [1.29, 1.82) is 0 Å². The van der Waals surface area contributed by atoms with Crippen molar-refractivity contribution < 1.29 is 8.42 Å². The van der Waals surface area contributed by atoms with Crippen molar-refractivity contribution in [3.8, 4) is 0 Å². The summed E-state index contributed by atoms with van der Waals surface area (Å²) in [5, 5.41) is 0.929. The maximum absolute atomic E-state index is 12.3. The number of hydrogen-bond acceptors (Lipinski definition) is 3. The number of rotatable bonds is 4. The molecule has 0 radical (unpaired) electrons. The highest BCUT2D eigenvalue weighted by molar-refractivity contribution is 9.09. The smallest absolute Gasteiger partial charge is 0.244 e. The lowest BCUT2D eigenvalue weighted by Gasteiger charge is -2.16. The number of hydrogen-bond donors (Lipinski definition) is 0. The highest BCUT2D eigenvalue weighted by Crippen LogP contribution is 2.25. The minimum atomic E-state index is -3.33. The SMILES string of the molecule is O=S(=O)(c1cccnc1)N1CCC(CCBr)C1. The van der Waals surface area contributed by atoms with Crippen molar-refractivity contribution in [2.45, 2.75) is 17.7 Å². The first-order valence-electron chi connectivity index (χ1n) is 5.60. The molecule has 0 spiro atoms. The van der Waals surface area contributed by atoms with E-state index in [2.05, 4.69) is 20.9 Å². The fourth-order valence-corrected chi connectivity index (χ4v) is 4.20. The average molecular weight is 319 g/mol. The van der Waals surface area contributed by atoms with Gasteiger partial charge in [0.2, 0.25) is 10.0 Å². The normalized spacial score (nSPS) is 21.8. The largest absolute Gasteiger partial charge is 0.263 e. The zero-order valence-corrected chi connectivity index (χ0v) is 11.8. The number of sulfonamides is 1. The van der Waals surface area contributed by atoms with Gasteiger partial charge in [-0.1, -0.05) is 15.9 Å². The molecule has 1 fully saturated rings. The molecule has 1 unspecified atom stereocenters. The number of aromatic nitrogens is 1. The number of halogens is 1. The molecule has 2 heterocycles. The van der Waals surface area contributed by atoms with E-state index in [1.165, 1.54) is 6.20 Å². The second kappa shape index (κ2) is 5.46. The summed E-state index contributed by atoms with van der Waals surface area (Å²) in [5.74, 6) is 0.473. The van der Waals surface area contributed by atoms with Gasteiger partial charge < -0.3 is 0 Å². The third kappa shape index (κ3) is 2.86. The highest BCUT2D eigenvalue weighted by atomic mass is 79.9. The molecule has 0 aliphatic carbocycles. The predicted octanol–water partition coefficient (Wildman–Crippen LogP) is 1.88. The summed E-state index contributed by atoms with van der Waals surface area (Å²) in [5.41, 5.74) is 0. The Kier molecular flexibility index (Phi) is 4.17. The molecule has 0 amide bonds. The van der Waals surface area contributed by atoms with Gasteiger partial charge in [-0.25, -0.2) is 8.42 Å². The fourth-order valence-electron chi connectivity index (χ4n) is 2.05. The maximum Gasteiger partial charge on any atom is 0.244 e. The third-order valence-corrected chi connectivity index (χ3v) is 5.34. The Bertz CT molecular complexity index is 464. The molecule has 17 heavy (non-hydrogen) atoms. The van der Waals surface area contributed by atoms with Crippen LogP contribution in [0.15, 0.2) is 29.4 Å². The standard InChI is InChI=1S/C11H15BrN2O2S/c12-5-3-10-4-7-14(9-10)17(15,16)11-2-1-6-13-8-11/h1-2,6,8,10H,3-5,7,9H2. The predicted molar refractivity (Wildman–Crippen MR) is 69.5 cm³/mol. The minimum absolute atomic E-state index is 0.291. The van der Waals surface area contributed by atoms with Crippen LogP contribution in [-0.2, 0) is 10.0 Å². The first-order chi connectivity index (χ1) is 8.14. The van der Waals surface area contributed by atoms with Crippen molar-refractivity contribution in [1.82, 2.24) is 9.29 Å². The molecule has 0 aromatic carbocycles. The summed E-state index contributed by atoms with van der Waals surface area (Å²) >= 11 is 3.40. The van der Waals surface area contributed by atoms with E-state index in [1.54, 1.807) is 22.6 Å². The summed E-state index contributed by atoms with van der Waals surface area (Å²) in [6.07, 6.45) is 4.97. The van der Waals surface area contributed by atoms with Crippen molar-refractivity contribution in [2.75, 3.05) is 18.4 Å². The van der Waals surface area contributed by atoms with Crippen LogP contribution in [0.4, 0.5) is 0 Å². The molecular formula is C11H15BrN2O2S. The van der Waals surface area contributed by atoms with Crippen LogP contribution in [-0.4, -0.2) is 36.1 Å². The summed E-state index contributed by atoms with van der Waals surface area (Å²) in [4.78, 5) is 4.16. The molecule has 2 rings (SSSR count). The topological polar surface area (TPSA) is 50.3 Å². The van der Waals surface area contributed by atoms with Crippen molar-refractivity contribution in [3.05, 3.63) is 24.5 Å². The second-order valence-electron chi connectivity index (χ2n) is 4.18. The Morgan fingerprint density at radius 2 is 2.35 bits per heavy atom. The molecular weight excluding hydrogens is 304 g/mol. The van der Waals surface area contributed by atoms with E-state index in [0.29, 0.717) is 23.9 Å². The molecule has 94 valence electrons. The van der Waals surface area contributed by atoms with Gasteiger partial charge in [0.1, 0.15) is 4.90 Å². The molecule has 1 aromatic heterocycles. The van der Waals surface area contributed by atoms with Gasteiger partial charge in [-0.05, 0) is 30.9 Å². The van der Waals surface area contributed by atoms with Crippen LogP contribution < -0.4 is 0 Å². The van der Waals surface area contributed by atoms with Crippen LogP contribution in [0.5, 0.6) is 0 Å². The van der Waals surface area contributed by atoms with Gasteiger partial charge in [-0.3, -0.25) is 4.98 Å². The summed E-state index contributed by atoms with van der Waals surface area (Å²) in [6, 6.07) is 3.25. The van der Waals surface area contributed by atoms with Gasteiger partial charge in [-0.15, -0.1) is 0 Å². The molecule has 6 heteroatoms. The van der Waals surface area contributed by atoms with Crippen LogP contribution >= 0.6 is 15.9 Å². The first-order valence-corrected chi connectivity index (χ1v) is 8.17. The minimum Gasteiger partial charge on any atom is -0.263 e. The van der Waals surface area contributed by atoms with E-state index >= 15 is 0 Å². The third-order valence-electron chi connectivity index (χ3n) is 3.04. The summed E-state index contributed by atoms with van der Waals surface area (Å²) in [6.45, 7) is 1.25. The van der Waals surface area contributed by atoms with E-state index in [1.807, 2.05) is 0 Å². The summed E-state index contributed by atoms with van der Waals surface area (Å²) in [7, 11) is -3.33. The number of nitrogens with zero attached hydrogens (tertiary/aromatic N) is 2. The van der Waals surface area contributed by atoms with Gasteiger partial charge in [0.05, 0.1) is 0 Å². The van der Waals surface area contributed by atoms with Crippen LogP contribution in [0, 0.1) is 5.92 Å². The molecule has 0 saturated carbocycles. The van der Waals surface area contributed by atoms with Crippen LogP contribution in [0.1, 0.15) is 12.8 Å². The van der Waals surface area contributed by atoms with E-state index < -0.39 is 10.0 Å². The highest BCUT2D eigenvalue weighted by Gasteiger charge is 2.32. The number of alkyl halides is 1. The number of pyridine rings is 1. The summed E-state index contributed by atoms with van der Waals surface area (Å²) < 4.78 is 26.1. The molecule has 1 aliphatic rings. The maximum atomic E-state index is 12.3. The Hall–Kier alpha value is -0.460. The quantitative estimate of drug-likeness (QED) is 0.796. The molecule has 1 saturated heterocycles. The van der Waals surface area contributed by atoms with Crippen LogP contribution in [0.3, 0.4) is 0 Å². The van der Waals surface area contributed by atoms with Gasteiger partial charge in [0.25, 0.3) is 0 Å². The Labute approximate surface area is 110 Å². The van der Waals surface area contributed by atoms with Gasteiger partial charge in [-0.2, -0.15) is 4.31 Å². The van der Waals surface area contributed by atoms with Crippen LogP contribution in [0.25, 0.3) is 0 Å². The zero-order valence-electron chi connectivity index (χ0n) is 9.42. The molecule has 0 N–H and O–H groups in total. The van der Waals surface area contributed by atoms with Gasteiger partial charge in [0.15, 0.2) is 0 Å². The van der Waals surface area contributed by atoms with E-state index in [9.17, 15) is 8.42 Å². The Morgan fingerprint density at radius 1 is 1.53 bits per heavy atom. The molecule has 1 aliphatic heterocycles. The van der Waals surface area contributed by atoms with Crippen LogP contribution in [0.2, 0.25) is 0 Å². The molecule has 1 atom stereocenters. The second-order valence-corrected chi connectivity index (χ2v) is 6.92. The van der Waals surface area contributed by atoms with Gasteiger partial charge in [0, 0.05) is 30.8 Å². The Morgan fingerprint density at radius 3 is 3.00 bits per heavy atom. The zero-order chi connectivity index (χ0) is 12.3. The van der Waals surface area contributed by atoms with Crippen molar-refractivity contribution >= 4 is 26.0 Å². The Balaban J connectivity index is 2.13. The van der Waals surface area contributed by atoms with Crippen molar-refractivity contribution in [3.63, 3.8) is 0 Å². The van der Waals surface area contributed by atoms with E-state index in [4.69, 9.17) is 0 Å². The van der Waals surface area contributed by atoms with E-state index in [-0.39, 0.29) is 0 Å². The average Bonchev–Trinajstić information content (AvgIpc) is 2.80. The lowest BCUT2D eigenvalue weighted by atomic mass is 10.1. The lowest BCUT2D eigenvalue weighted by molar-refractivity contribution is 0.454. The molecule has 1 aromatic rings.